The lowest BCUT2D eigenvalue weighted by molar-refractivity contribution is -0.114. The van der Waals surface area contributed by atoms with E-state index in [2.05, 4.69) is 5.32 Å². The van der Waals surface area contributed by atoms with Gasteiger partial charge in [-0.3, -0.25) is 9.10 Å². The molecule has 0 saturated carbocycles. The lowest BCUT2D eigenvalue weighted by Crippen LogP contribution is -2.38. The molecular formula is C28H23Cl2FN2O5S. The van der Waals surface area contributed by atoms with Crippen LogP contribution >= 0.6 is 23.2 Å². The third kappa shape index (κ3) is 7.00. The van der Waals surface area contributed by atoms with Gasteiger partial charge in [-0.15, -0.1) is 0 Å². The van der Waals surface area contributed by atoms with Crippen molar-refractivity contribution in [3.05, 3.63) is 112 Å². The molecule has 4 rings (SSSR count). The first-order chi connectivity index (χ1) is 18.7. The molecule has 0 bridgehead atoms. The van der Waals surface area contributed by atoms with Crippen LogP contribution in [0.25, 0.3) is 0 Å². The Morgan fingerprint density at radius 2 is 1.59 bits per heavy atom. The molecule has 202 valence electrons. The maximum absolute atomic E-state index is 13.8. The first kappa shape index (κ1) is 28.2. The fourth-order valence-corrected chi connectivity index (χ4v) is 5.62. The SMILES string of the molecule is COc1ccc(S(=O)(=O)N(CC(=O)Nc2ccc(F)cc2)c2cc(OCc3ccccc3)c(Cl)cc2Cl)cc1. The van der Waals surface area contributed by atoms with Gasteiger partial charge in [-0.05, 0) is 60.2 Å². The molecule has 0 fully saturated rings. The quantitative estimate of drug-likeness (QED) is 0.227. The molecule has 11 heteroatoms. The monoisotopic (exact) mass is 588 g/mol. The molecule has 0 aliphatic heterocycles. The Hall–Kier alpha value is -3.79. The van der Waals surface area contributed by atoms with Crippen molar-refractivity contribution in [1.82, 2.24) is 0 Å². The van der Waals surface area contributed by atoms with Crippen LogP contribution in [0.2, 0.25) is 10.0 Å². The van der Waals surface area contributed by atoms with Crippen molar-refractivity contribution >= 4 is 50.5 Å². The van der Waals surface area contributed by atoms with Crippen LogP contribution in [-0.4, -0.2) is 28.0 Å². The van der Waals surface area contributed by atoms with E-state index in [-0.39, 0.29) is 38.7 Å². The summed E-state index contributed by atoms with van der Waals surface area (Å²) in [5, 5.41) is 2.72. The zero-order valence-electron chi connectivity index (χ0n) is 20.6. The Morgan fingerprint density at radius 3 is 2.23 bits per heavy atom. The number of hydrogen-bond donors (Lipinski definition) is 1. The summed E-state index contributed by atoms with van der Waals surface area (Å²) in [5.41, 5.74) is 1.14. The van der Waals surface area contributed by atoms with E-state index in [1.54, 1.807) is 0 Å². The van der Waals surface area contributed by atoms with Crippen molar-refractivity contribution in [1.29, 1.82) is 0 Å². The smallest absolute Gasteiger partial charge is 0.264 e. The van der Waals surface area contributed by atoms with Gasteiger partial charge in [-0.2, -0.15) is 0 Å². The molecule has 4 aromatic rings. The van der Waals surface area contributed by atoms with Crippen LogP contribution in [0.5, 0.6) is 11.5 Å². The van der Waals surface area contributed by atoms with E-state index in [4.69, 9.17) is 32.7 Å². The second-order valence-corrected chi connectivity index (χ2v) is 10.9. The summed E-state index contributed by atoms with van der Waals surface area (Å²) in [4.78, 5) is 12.9. The summed E-state index contributed by atoms with van der Waals surface area (Å²) >= 11 is 12.8. The molecule has 7 nitrogen and oxygen atoms in total. The Morgan fingerprint density at radius 1 is 0.923 bits per heavy atom. The zero-order valence-corrected chi connectivity index (χ0v) is 22.9. The topological polar surface area (TPSA) is 84.9 Å². The zero-order chi connectivity index (χ0) is 28.0. The molecule has 0 aliphatic carbocycles. The van der Waals surface area contributed by atoms with E-state index in [1.165, 1.54) is 67.8 Å². The highest BCUT2D eigenvalue weighted by atomic mass is 35.5. The fourth-order valence-electron chi connectivity index (χ4n) is 3.59. The maximum Gasteiger partial charge on any atom is 0.264 e. The molecule has 0 aromatic heterocycles. The molecule has 1 amide bonds. The normalized spacial score (nSPS) is 11.1. The van der Waals surface area contributed by atoms with Crippen molar-refractivity contribution in [3.63, 3.8) is 0 Å². The summed E-state index contributed by atoms with van der Waals surface area (Å²) in [6.07, 6.45) is 0. The van der Waals surface area contributed by atoms with Crippen LogP contribution in [0.15, 0.2) is 95.9 Å². The number of carbonyl (C=O) groups is 1. The Balaban J connectivity index is 1.71. The number of ether oxygens (including phenoxy) is 2. The minimum absolute atomic E-state index is 0.0151. The number of hydrogen-bond acceptors (Lipinski definition) is 5. The number of benzene rings is 4. The largest absolute Gasteiger partial charge is 0.497 e. The standard InChI is InChI=1S/C28H23Cl2FN2O5S/c1-37-22-11-13-23(14-12-22)39(35,36)33(17-28(34)32-21-9-7-20(31)8-10-21)26-16-27(25(30)15-24(26)29)38-18-19-5-3-2-4-6-19/h2-16H,17-18H2,1H3,(H,32,34). The van der Waals surface area contributed by atoms with Crippen LogP contribution < -0.4 is 19.1 Å². The van der Waals surface area contributed by atoms with Crippen molar-refractivity contribution in [3.8, 4) is 11.5 Å². The molecule has 0 radical (unpaired) electrons. The second-order valence-electron chi connectivity index (χ2n) is 8.25. The molecule has 39 heavy (non-hydrogen) atoms. The first-order valence-electron chi connectivity index (χ1n) is 11.6. The number of nitrogens with one attached hydrogen (secondary N) is 1. The second kappa shape index (κ2) is 12.4. The number of sulfonamides is 1. The number of carbonyl (C=O) groups excluding carboxylic acids is 1. The van der Waals surface area contributed by atoms with E-state index in [0.717, 1.165) is 9.87 Å². The average Bonchev–Trinajstić information content (AvgIpc) is 2.93. The molecule has 0 heterocycles. The number of amides is 1. The van der Waals surface area contributed by atoms with Gasteiger partial charge in [-0.25, -0.2) is 12.8 Å². The predicted molar refractivity (Wildman–Crippen MR) is 150 cm³/mol. The molecule has 0 spiro atoms. The fraction of sp³-hybridized carbons (Fsp3) is 0.107. The third-order valence-electron chi connectivity index (χ3n) is 5.57. The van der Waals surface area contributed by atoms with E-state index in [9.17, 15) is 17.6 Å². The molecule has 0 atom stereocenters. The first-order valence-corrected chi connectivity index (χ1v) is 13.7. The van der Waals surface area contributed by atoms with Gasteiger partial charge in [0.1, 0.15) is 30.5 Å². The highest BCUT2D eigenvalue weighted by Gasteiger charge is 2.30. The van der Waals surface area contributed by atoms with E-state index in [0.29, 0.717) is 5.75 Å². The van der Waals surface area contributed by atoms with Crippen LogP contribution in [0, 0.1) is 5.82 Å². The van der Waals surface area contributed by atoms with Gasteiger partial charge >= 0.3 is 0 Å². The Bertz CT molecular complexity index is 1550. The molecule has 1 N–H and O–H groups in total. The minimum atomic E-state index is -4.32. The summed E-state index contributed by atoms with van der Waals surface area (Å²) in [5.74, 6) is -0.534. The number of rotatable bonds is 10. The summed E-state index contributed by atoms with van der Waals surface area (Å²) in [7, 11) is -2.86. The third-order valence-corrected chi connectivity index (χ3v) is 7.94. The molecule has 0 saturated heterocycles. The molecule has 0 aliphatic rings. The van der Waals surface area contributed by atoms with Crippen molar-refractivity contribution in [2.24, 2.45) is 0 Å². The Labute approximate surface area is 235 Å². The maximum atomic E-state index is 13.8. The lowest BCUT2D eigenvalue weighted by Gasteiger charge is -2.26. The number of anilines is 2. The molecular weight excluding hydrogens is 566 g/mol. The van der Waals surface area contributed by atoms with E-state index >= 15 is 0 Å². The average molecular weight is 589 g/mol. The van der Waals surface area contributed by atoms with Crippen molar-refractivity contribution in [2.45, 2.75) is 11.5 Å². The van der Waals surface area contributed by atoms with Gasteiger partial charge in [0.15, 0.2) is 0 Å². The highest BCUT2D eigenvalue weighted by molar-refractivity contribution is 7.92. The van der Waals surface area contributed by atoms with Gasteiger partial charge < -0.3 is 14.8 Å². The summed E-state index contributed by atoms with van der Waals surface area (Å²) < 4.78 is 52.8. The van der Waals surface area contributed by atoms with Gasteiger partial charge in [0.2, 0.25) is 5.91 Å². The van der Waals surface area contributed by atoms with Gasteiger partial charge in [0, 0.05) is 11.8 Å². The van der Waals surface area contributed by atoms with Gasteiger partial charge in [-0.1, -0.05) is 53.5 Å². The highest BCUT2D eigenvalue weighted by Crippen LogP contribution is 2.39. The van der Waals surface area contributed by atoms with Crippen LogP contribution in [-0.2, 0) is 21.4 Å². The van der Waals surface area contributed by atoms with E-state index in [1.807, 2.05) is 30.3 Å². The number of methoxy groups -OCH3 is 1. The van der Waals surface area contributed by atoms with Crippen molar-refractivity contribution in [2.75, 3.05) is 23.3 Å². The van der Waals surface area contributed by atoms with Crippen LogP contribution in [0.1, 0.15) is 5.56 Å². The Kier molecular flexibility index (Phi) is 8.96. The van der Waals surface area contributed by atoms with Crippen LogP contribution in [0.3, 0.4) is 0 Å². The molecule has 4 aromatic carbocycles. The van der Waals surface area contributed by atoms with Crippen LogP contribution in [0.4, 0.5) is 15.8 Å². The van der Waals surface area contributed by atoms with Gasteiger partial charge in [0.25, 0.3) is 10.0 Å². The summed E-state index contributed by atoms with van der Waals surface area (Å²) in [6, 6.07) is 22.8. The van der Waals surface area contributed by atoms with Gasteiger partial charge in [0.05, 0.1) is 27.7 Å². The van der Waals surface area contributed by atoms with Crippen molar-refractivity contribution < 1.29 is 27.1 Å². The minimum Gasteiger partial charge on any atom is -0.497 e. The predicted octanol–water partition coefficient (Wildman–Crippen LogP) is 6.55. The molecule has 0 unspecified atom stereocenters. The summed E-state index contributed by atoms with van der Waals surface area (Å²) in [6.45, 7) is -0.483. The number of nitrogens with zero attached hydrogens (tertiary/aromatic N) is 1. The van der Waals surface area contributed by atoms with E-state index < -0.39 is 28.3 Å². The lowest BCUT2D eigenvalue weighted by atomic mass is 10.2. The number of halogens is 3.